The van der Waals surface area contributed by atoms with Crippen LogP contribution in [-0.2, 0) is 9.59 Å². The smallest absolute Gasteiger partial charge is 0.295 e. The van der Waals surface area contributed by atoms with E-state index in [1.807, 2.05) is 58.0 Å². The first-order valence-corrected chi connectivity index (χ1v) is 13.2. The summed E-state index contributed by atoms with van der Waals surface area (Å²) in [4.78, 5) is 30.4. The first kappa shape index (κ1) is 28.3. The van der Waals surface area contributed by atoms with Crippen molar-refractivity contribution in [3.8, 4) is 11.5 Å². The molecule has 37 heavy (non-hydrogen) atoms. The Bertz CT molecular complexity index is 1120. The highest BCUT2D eigenvalue weighted by Crippen LogP contribution is 2.40. The number of likely N-dealkylation sites (N-methyl/N-ethyl adjacent to an activating group) is 1. The number of aryl methyl sites for hydroxylation is 1. The summed E-state index contributed by atoms with van der Waals surface area (Å²) in [5, 5.41) is 11.5. The Labute approximate surface area is 220 Å². The predicted molar refractivity (Wildman–Crippen MR) is 146 cm³/mol. The molecule has 1 atom stereocenters. The molecule has 200 valence electrons. The maximum Gasteiger partial charge on any atom is 0.295 e. The van der Waals surface area contributed by atoms with Crippen LogP contribution in [0.5, 0.6) is 11.5 Å². The zero-order valence-electron chi connectivity index (χ0n) is 22.9. The topological polar surface area (TPSA) is 79.3 Å². The van der Waals surface area contributed by atoms with Crippen molar-refractivity contribution in [1.29, 1.82) is 0 Å². The third-order valence-corrected chi connectivity index (χ3v) is 6.58. The van der Waals surface area contributed by atoms with E-state index in [9.17, 15) is 14.7 Å². The molecule has 1 saturated heterocycles. The third kappa shape index (κ3) is 6.52. The summed E-state index contributed by atoms with van der Waals surface area (Å²) in [5.74, 6) is -0.0310. The molecule has 0 bridgehead atoms. The van der Waals surface area contributed by atoms with Crippen molar-refractivity contribution in [3.05, 3.63) is 64.7 Å². The number of rotatable bonds is 12. The van der Waals surface area contributed by atoms with E-state index in [1.165, 1.54) is 0 Å². The monoisotopic (exact) mass is 508 g/mol. The lowest BCUT2D eigenvalue weighted by Crippen LogP contribution is -2.38. The summed E-state index contributed by atoms with van der Waals surface area (Å²) in [6.45, 7) is 15.2. The van der Waals surface area contributed by atoms with E-state index in [-0.39, 0.29) is 17.4 Å². The number of Topliss-reactive ketones (excluding diaryl/α,β-unsaturated/α-hetero) is 1. The van der Waals surface area contributed by atoms with Crippen LogP contribution in [0.3, 0.4) is 0 Å². The maximum absolute atomic E-state index is 13.4. The van der Waals surface area contributed by atoms with Crippen LogP contribution in [0.25, 0.3) is 5.76 Å². The summed E-state index contributed by atoms with van der Waals surface area (Å²) in [5.41, 5.74) is 2.12. The Morgan fingerprint density at radius 1 is 1.03 bits per heavy atom. The molecule has 0 saturated carbocycles. The Hall–Kier alpha value is -3.32. The fourth-order valence-electron chi connectivity index (χ4n) is 4.60. The minimum Gasteiger partial charge on any atom is -0.507 e. The number of amides is 1. The van der Waals surface area contributed by atoms with Gasteiger partial charge in [-0.15, -0.1) is 0 Å². The fraction of sp³-hybridized carbons (Fsp3) is 0.467. The number of hydrogen-bond acceptors (Lipinski definition) is 6. The van der Waals surface area contributed by atoms with Gasteiger partial charge in [0.1, 0.15) is 17.3 Å². The lowest BCUT2D eigenvalue weighted by atomic mass is 9.94. The van der Waals surface area contributed by atoms with E-state index in [0.717, 1.165) is 36.4 Å². The van der Waals surface area contributed by atoms with E-state index in [4.69, 9.17) is 9.47 Å². The summed E-state index contributed by atoms with van der Waals surface area (Å²) in [7, 11) is 0. The lowest BCUT2D eigenvalue weighted by Gasteiger charge is -2.28. The number of ketones is 1. The van der Waals surface area contributed by atoms with Crippen LogP contribution in [0.1, 0.15) is 63.8 Å². The molecule has 1 unspecified atom stereocenters. The standard InChI is InChI=1S/C30H40N2O5/c1-7-18-36-23-12-10-22(11-13-23)27-26(29(34)30(35)32(27)17-16-31(8-2)9-3)28(33)25-15-14-24(19-21(25)6)37-20(4)5/h10-15,19-20,27,33H,7-9,16-18H2,1-6H3/b28-26+. The van der Waals surface area contributed by atoms with Crippen molar-refractivity contribution >= 4 is 17.4 Å². The molecule has 0 radical (unpaired) electrons. The van der Waals surface area contributed by atoms with Crippen molar-refractivity contribution < 1.29 is 24.2 Å². The molecule has 7 heteroatoms. The lowest BCUT2D eigenvalue weighted by molar-refractivity contribution is -0.140. The van der Waals surface area contributed by atoms with Gasteiger partial charge >= 0.3 is 0 Å². The second-order valence-electron chi connectivity index (χ2n) is 9.58. The highest BCUT2D eigenvalue weighted by molar-refractivity contribution is 6.46. The van der Waals surface area contributed by atoms with Crippen LogP contribution in [0.15, 0.2) is 48.0 Å². The molecule has 1 fully saturated rings. The largest absolute Gasteiger partial charge is 0.507 e. The second kappa shape index (κ2) is 12.8. The Kier molecular flexibility index (Phi) is 9.75. The molecular formula is C30H40N2O5. The van der Waals surface area contributed by atoms with E-state index >= 15 is 0 Å². The summed E-state index contributed by atoms with van der Waals surface area (Å²) in [6.07, 6.45) is 0.910. The average Bonchev–Trinajstić information content (AvgIpc) is 3.12. The molecule has 1 aliphatic rings. The number of benzene rings is 2. The summed E-state index contributed by atoms with van der Waals surface area (Å²) < 4.78 is 11.5. The van der Waals surface area contributed by atoms with E-state index in [0.29, 0.717) is 31.0 Å². The Morgan fingerprint density at radius 2 is 1.68 bits per heavy atom. The molecule has 2 aromatic carbocycles. The molecule has 1 aliphatic heterocycles. The number of nitrogens with zero attached hydrogens (tertiary/aromatic N) is 2. The van der Waals surface area contributed by atoms with Gasteiger partial charge in [0.25, 0.3) is 11.7 Å². The molecule has 1 amide bonds. The van der Waals surface area contributed by atoms with Crippen LogP contribution in [-0.4, -0.2) is 65.5 Å². The normalized spacial score (nSPS) is 17.2. The van der Waals surface area contributed by atoms with Gasteiger partial charge in [-0.3, -0.25) is 9.59 Å². The molecule has 0 aliphatic carbocycles. The van der Waals surface area contributed by atoms with Crippen LogP contribution in [0.4, 0.5) is 0 Å². The van der Waals surface area contributed by atoms with Crippen LogP contribution in [0, 0.1) is 6.92 Å². The van der Waals surface area contributed by atoms with Crippen molar-refractivity contribution in [3.63, 3.8) is 0 Å². The van der Waals surface area contributed by atoms with E-state index in [1.54, 1.807) is 17.0 Å². The minimum absolute atomic E-state index is 0.0132. The molecule has 0 aromatic heterocycles. The van der Waals surface area contributed by atoms with Crippen molar-refractivity contribution in [2.75, 3.05) is 32.8 Å². The number of ether oxygens (including phenoxy) is 2. The minimum atomic E-state index is -0.693. The first-order valence-electron chi connectivity index (χ1n) is 13.2. The quantitative estimate of drug-likeness (QED) is 0.237. The number of aliphatic hydroxyl groups excluding tert-OH is 1. The SMILES string of the molecule is CCCOc1ccc(C2/C(=C(\O)c3ccc(OC(C)C)cc3C)C(=O)C(=O)N2CCN(CC)CC)cc1. The highest BCUT2D eigenvalue weighted by atomic mass is 16.5. The number of carbonyl (C=O) groups excluding carboxylic acids is 2. The summed E-state index contributed by atoms with van der Waals surface area (Å²) in [6, 6.07) is 12.1. The number of aliphatic hydroxyl groups is 1. The molecule has 3 rings (SSSR count). The van der Waals surface area contributed by atoms with Gasteiger partial charge in [0.15, 0.2) is 0 Å². The van der Waals surface area contributed by atoms with Gasteiger partial charge in [0.05, 0.1) is 24.3 Å². The zero-order chi connectivity index (χ0) is 27.1. The van der Waals surface area contributed by atoms with Crippen LogP contribution in [0.2, 0.25) is 0 Å². The predicted octanol–water partition coefficient (Wildman–Crippen LogP) is 5.33. The molecule has 7 nitrogen and oxygen atoms in total. The van der Waals surface area contributed by atoms with Crippen LogP contribution >= 0.6 is 0 Å². The van der Waals surface area contributed by atoms with Crippen molar-refractivity contribution in [1.82, 2.24) is 9.80 Å². The van der Waals surface area contributed by atoms with Gasteiger partial charge in [-0.1, -0.05) is 32.9 Å². The van der Waals surface area contributed by atoms with Gasteiger partial charge < -0.3 is 24.4 Å². The highest BCUT2D eigenvalue weighted by Gasteiger charge is 2.46. The van der Waals surface area contributed by atoms with Crippen molar-refractivity contribution in [2.24, 2.45) is 0 Å². The Morgan fingerprint density at radius 3 is 2.24 bits per heavy atom. The zero-order valence-corrected chi connectivity index (χ0v) is 22.9. The van der Waals surface area contributed by atoms with Gasteiger partial charge in [-0.25, -0.2) is 0 Å². The molecule has 0 spiro atoms. The first-order chi connectivity index (χ1) is 17.7. The summed E-state index contributed by atoms with van der Waals surface area (Å²) >= 11 is 0. The number of likely N-dealkylation sites (tertiary alicyclic amines) is 1. The molecule has 2 aromatic rings. The van der Waals surface area contributed by atoms with E-state index < -0.39 is 17.7 Å². The second-order valence-corrected chi connectivity index (χ2v) is 9.58. The average molecular weight is 509 g/mol. The number of hydrogen-bond donors (Lipinski definition) is 1. The Balaban J connectivity index is 2.07. The molecule has 1 N–H and O–H groups in total. The third-order valence-electron chi connectivity index (χ3n) is 6.58. The van der Waals surface area contributed by atoms with Gasteiger partial charge in [-0.2, -0.15) is 0 Å². The van der Waals surface area contributed by atoms with E-state index in [2.05, 4.69) is 18.7 Å². The molecule has 1 heterocycles. The van der Waals surface area contributed by atoms with Crippen molar-refractivity contribution in [2.45, 2.75) is 60.1 Å². The maximum atomic E-state index is 13.4. The fourth-order valence-corrected chi connectivity index (χ4v) is 4.60. The molecular weight excluding hydrogens is 468 g/mol. The number of carbonyl (C=O) groups is 2. The van der Waals surface area contributed by atoms with Gasteiger partial charge in [0.2, 0.25) is 0 Å². The van der Waals surface area contributed by atoms with Gasteiger partial charge in [-0.05, 0) is 81.7 Å². The van der Waals surface area contributed by atoms with Crippen LogP contribution < -0.4 is 9.47 Å². The van der Waals surface area contributed by atoms with Gasteiger partial charge in [0, 0.05) is 18.7 Å².